The van der Waals surface area contributed by atoms with Crippen molar-refractivity contribution >= 4 is 17.6 Å². The van der Waals surface area contributed by atoms with Gasteiger partial charge in [0.15, 0.2) is 0 Å². The lowest BCUT2D eigenvalue weighted by Crippen LogP contribution is -2.31. The Morgan fingerprint density at radius 1 is 1.13 bits per heavy atom. The average molecular weight is 426 g/mol. The summed E-state index contributed by atoms with van der Waals surface area (Å²) in [7, 11) is 0. The molecule has 1 aromatic carbocycles. The number of anilines is 2. The van der Waals surface area contributed by atoms with E-state index in [0.717, 1.165) is 0 Å². The molecular formula is C20H22N6O5. The van der Waals surface area contributed by atoms with Crippen molar-refractivity contribution in [2.75, 3.05) is 17.2 Å². The Kier molecular flexibility index (Phi) is 6.34. The van der Waals surface area contributed by atoms with Gasteiger partial charge < -0.3 is 20.7 Å². The Balaban J connectivity index is 1.83. The van der Waals surface area contributed by atoms with E-state index in [9.17, 15) is 19.2 Å². The molecule has 11 heteroatoms. The molecule has 0 spiro atoms. The Bertz CT molecular complexity index is 1260. The predicted molar refractivity (Wildman–Crippen MR) is 114 cm³/mol. The molecule has 2 aromatic heterocycles. The van der Waals surface area contributed by atoms with Crippen LogP contribution in [0.4, 0.5) is 11.6 Å². The van der Waals surface area contributed by atoms with Crippen molar-refractivity contribution in [3.8, 4) is 0 Å². The van der Waals surface area contributed by atoms with Crippen molar-refractivity contribution in [2.45, 2.75) is 26.3 Å². The van der Waals surface area contributed by atoms with Crippen molar-refractivity contribution in [2.24, 2.45) is 0 Å². The zero-order chi connectivity index (χ0) is 22.5. The largest absolute Gasteiger partial charge is 0.478 e. The van der Waals surface area contributed by atoms with Gasteiger partial charge in [-0.1, -0.05) is 0 Å². The van der Waals surface area contributed by atoms with Gasteiger partial charge in [-0.25, -0.2) is 14.6 Å². The highest BCUT2D eigenvalue weighted by molar-refractivity contribution is 5.88. The van der Waals surface area contributed by atoms with E-state index in [0.29, 0.717) is 41.9 Å². The van der Waals surface area contributed by atoms with Gasteiger partial charge in [0.25, 0.3) is 11.1 Å². The zero-order valence-corrected chi connectivity index (χ0v) is 16.8. The van der Waals surface area contributed by atoms with Gasteiger partial charge in [0.05, 0.1) is 11.1 Å². The van der Waals surface area contributed by atoms with Crippen LogP contribution in [0.25, 0.3) is 0 Å². The molecule has 0 unspecified atom stereocenters. The van der Waals surface area contributed by atoms with Crippen LogP contribution in [-0.2, 0) is 13.0 Å². The zero-order valence-electron chi connectivity index (χ0n) is 16.8. The number of aryl methyl sites for hydroxylation is 1. The Labute approximate surface area is 175 Å². The maximum Gasteiger partial charge on any atom is 0.335 e. The van der Waals surface area contributed by atoms with Gasteiger partial charge in [-0.15, -0.1) is 0 Å². The number of nitrogens with two attached hydrogens (primary N) is 1. The van der Waals surface area contributed by atoms with Gasteiger partial charge in [0.2, 0.25) is 5.95 Å². The summed E-state index contributed by atoms with van der Waals surface area (Å²) in [6, 6.07) is 6.24. The highest BCUT2D eigenvalue weighted by atomic mass is 16.4. The van der Waals surface area contributed by atoms with Crippen molar-refractivity contribution in [1.82, 2.24) is 19.9 Å². The lowest BCUT2D eigenvalue weighted by Gasteiger charge is -2.25. The maximum absolute atomic E-state index is 12.2. The first-order chi connectivity index (χ1) is 14.7. The smallest absolute Gasteiger partial charge is 0.335 e. The van der Waals surface area contributed by atoms with E-state index >= 15 is 0 Å². The second-order valence-electron chi connectivity index (χ2n) is 6.99. The lowest BCUT2D eigenvalue weighted by atomic mass is 10.1. The number of H-pyrrole nitrogens is 3. The summed E-state index contributed by atoms with van der Waals surface area (Å²) in [5.74, 6) is -0.982. The standard InChI is InChI=1S/C20H22N6O5/c1-11-15(17(28)24-19(21)23-11)3-2-8-26(10-13-9-22-20(31)25-16(13)27)14-6-4-12(5-7-14)18(29)30/h4-7,9H,2-3,8,10H2,1H3,(H,29,30)(H3,21,23,24,28)(H2,22,25,27,31). The van der Waals surface area contributed by atoms with Crippen molar-refractivity contribution in [1.29, 1.82) is 0 Å². The van der Waals surface area contributed by atoms with Crippen LogP contribution in [0, 0.1) is 6.92 Å². The first-order valence-corrected chi connectivity index (χ1v) is 9.49. The minimum atomic E-state index is -1.04. The summed E-state index contributed by atoms with van der Waals surface area (Å²) >= 11 is 0. The number of nitrogens with zero attached hydrogens (tertiary/aromatic N) is 2. The number of nitrogens with one attached hydrogen (secondary N) is 3. The first-order valence-electron chi connectivity index (χ1n) is 9.49. The molecule has 0 aliphatic carbocycles. The number of carboxylic acid groups (broad SMARTS) is 1. The van der Waals surface area contributed by atoms with E-state index in [1.165, 1.54) is 18.3 Å². The van der Waals surface area contributed by atoms with E-state index in [1.807, 2.05) is 4.90 Å². The van der Waals surface area contributed by atoms with Crippen LogP contribution in [0.5, 0.6) is 0 Å². The number of nitrogen functional groups attached to an aromatic ring is 1. The number of benzene rings is 1. The second kappa shape index (κ2) is 9.11. The van der Waals surface area contributed by atoms with Gasteiger partial charge >= 0.3 is 11.7 Å². The third kappa shape index (κ3) is 5.26. The molecule has 0 saturated carbocycles. The summed E-state index contributed by atoms with van der Waals surface area (Å²) in [5.41, 5.74) is 6.40. The fraction of sp³-hybridized carbons (Fsp3) is 0.250. The van der Waals surface area contributed by atoms with Crippen LogP contribution >= 0.6 is 0 Å². The number of rotatable bonds is 8. The Morgan fingerprint density at radius 2 is 1.84 bits per heavy atom. The van der Waals surface area contributed by atoms with E-state index in [4.69, 9.17) is 10.8 Å². The number of carbonyl (C=O) groups is 1. The highest BCUT2D eigenvalue weighted by Gasteiger charge is 2.13. The number of carboxylic acids is 1. The third-order valence-corrected chi connectivity index (χ3v) is 4.83. The number of hydrogen-bond donors (Lipinski definition) is 5. The summed E-state index contributed by atoms with van der Waals surface area (Å²) in [4.78, 5) is 59.7. The summed E-state index contributed by atoms with van der Waals surface area (Å²) in [6.07, 6.45) is 2.33. The third-order valence-electron chi connectivity index (χ3n) is 4.83. The van der Waals surface area contributed by atoms with E-state index < -0.39 is 17.2 Å². The molecule has 0 atom stereocenters. The number of aromatic carboxylic acids is 1. The van der Waals surface area contributed by atoms with Crippen molar-refractivity contribution in [3.05, 3.63) is 84.0 Å². The molecule has 0 fully saturated rings. The molecule has 6 N–H and O–H groups in total. The summed E-state index contributed by atoms with van der Waals surface area (Å²) < 4.78 is 0. The minimum absolute atomic E-state index is 0.0590. The molecule has 0 radical (unpaired) electrons. The van der Waals surface area contributed by atoms with E-state index in [2.05, 4.69) is 19.9 Å². The van der Waals surface area contributed by atoms with Crippen LogP contribution in [0.15, 0.2) is 44.8 Å². The molecule has 0 bridgehead atoms. The fourth-order valence-electron chi connectivity index (χ4n) is 3.25. The minimum Gasteiger partial charge on any atom is -0.478 e. The van der Waals surface area contributed by atoms with Crippen LogP contribution < -0.4 is 27.4 Å². The molecule has 11 nitrogen and oxygen atoms in total. The fourth-order valence-corrected chi connectivity index (χ4v) is 3.25. The van der Waals surface area contributed by atoms with E-state index in [1.54, 1.807) is 19.1 Å². The SMILES string of the molecule is Cc1nc(N)[nH]c(=O)c1CCCN(Cc1c[nH]c(=O)[nH]c1=O)c1ccc(C(=O)O)cc1. The van der Waals surface area contributed by atoms with E-state index in [-0.39, 0.29) is 23.6 Å². The second-order valence-corrected chi connectivity index (χ2v) is 6.99. The van der Waals surface area contributed by atoms with Gasteiger partial charge in [0.1, 0.15) is 0 Å². The summed E-state index contributed by atoms with van der Waals surface area (Å²) in [6.45, 7) is 2.34. The molecule has 0 aliphatic heterocycles. The number of aromatic amines is 3. The molecule has 162 valence electrons. The molecule has 31 heavy (non-hydrogen) atoms. The van der Waals surface area contributed by atoms with Crippen molar-refractivity contribution < 1.29 is 9.90 Å². The molecular weight excluding hydrogens is 404 g/mol. The maximum atomic E-state index is 12.2. The van der Waals surface area contributed by atoms with Crippen LogP contribution in [0.1, 0.15) is 33.6 Å². The molecule has 3 aromatic rings. The molecule has 3 rings (SSSR count). The normalized spacial score (nSPS) is 10.7. The quantitative estimate of drug-likeness (QED) is 0.343. The van der Waals surface area contributed by atoms with Crippen LogP contribution in [0.2, 0.25) is 0 Å². The molecule has 2 heterocycles. The monoisotopic (exact) mass is 426 g/mol. The topological polar surface area (TPSA) is 178 Å². The van der Waals surface area contributed by atoms with Gasteiger partial charge in [0, 0.05) is 36.2 Å². The van der Waals surface area contributed by atoms with Gasteiger partial charge in [-0.3, -0.25) is 19.6 Å². The van der Waals surface area contributed by atoms with Gasteiger partial charge in [-0.2, -0.15) is 0 Å². The van der Waals surface area contributed by atoms with Gasteiger partial charge in [-0.05, 0) is 44.0 Å². The predicted octanol–water partition coefficient (Wildman–Crippen LogP) is 0.375. The Morgan fingerprint density at radius 3 is 2.45 bits per heavy atom. The van der Waals surface area contributed by atoms with Crippen LogP contribution in [0.3, 0.4) is 0 Å². The van der Waals surface area contributed by atoms with Crippen LogP contribution in [-0.4, -0.2) is 37.6 Å². The average Bonchev–Trinajstić information content (AvgIpc) is 2.70. The molecule has 0 amide bonds. The molecule has 0 aliphatic rings. The highest BCUT2D eigenvalue weighted by Crippen LogP contribution is 2.18. The summed E-state index contributed by atoms with van der Waals surface area (Å²) in [5, 5.41) is 9.11. The molecule has 0 saturated heterocycles. The van der Waals surface area contributed by atoms with Crippen molar-refractivity contribution in [3.63, 3.8) is 0 Å². The Hall–Kier alpha value is -4.15. The number of aromatic nitrogens is 4. The number of hydrogen-bond acceptors (Lipinski definition) is 7. The first kappa shape index (κ1) is 21.6. The lowest BCUT2D eigenvalue weighted by molar-refractivity contribution is 0.0697.